The van der Waals surface area contributed by atoms with Crippen molar-refractivity contribution in [2.24, 2.45) is 0 Å². The van der Waals surface area contributed by atoms with E-state index in [0.29, 0.717) is 6.04 Å². The number of aromatic nitrogens is 1. The molecule has 4 nitrogen and oxygen atoms in total. The summed E-state index contributed by atoms with van der Waals surface area (Å²) in [6, 6.07) is 8.90. The fraction of sp³-hybridized carbons (Fsp3) is 0.500. The smallest absolute Gasteiger partial charge is 0.138 e. The highest BCUT2D eigenvalue weighted by atomic mass is 16.5. The highest BCUT2D eigenvalue weighted by Gasteiger charge is 2.26. The Morgan fingerprint density at radius 2 is 2.18 bits per heavy atom. The van der Waals surface area contributed by atoms with Gasteiger partial charge in [0.25, 0.3) is 0 Å². The highest BCUT2D eigenvalue weighted by molar-refractivity contribution is 5.31. The highest BCUT2D eigenvalue weighted by Crippen LogP contribution is 2.34. The summed E-state index contributed by atoms with van der Waals surface area (Å²) in [5, 5.41) is 4.09. The number of benzene rings is 1. The van der Waals surface area contributed by atoms with Gasteiger partial charge >= 0.3 is 0 Å². The summed E-state index contributed by atoms with van der Waals surface area (Å²) in [6.45, 7) is 6.05. The van der Waals surface area contributed by atoms with Gasteiger partial charge in [0.05, 0.1) is 12.8 Å². The van der Waals surface area contributed by atoms with Gasteiger partial charge in [0.2, 0.25) is 0 Å². The Hall–Kier alpha value is -1.81. The third-order valence-corrected chi connectivity index (χ3v) is 4.63. The van der Waals surface area contributed by atoms with Crippen LogP contribution >= 0.6 is 0 Å². The van der Waals surface area contributed by atoms with E-state index in [1.54, 1.807) is 7.11 Å². The molecule has 0 N–H and O–H groups in total. The molecular formula is C18H24N2O2. The number of hydrogen-bond donors (Lipinski definition) is 0. The molecule has 1 aromatic heterocycles. The number of hydrogen-bond acceptors (Lipinski definition) is 4. The number of methoxy groups -OCH3 is 1. The maximum absolute atomic E-state index is 5.38. The van der Waals surface area contributed by atoms with Gasteiger partial charge in [-0.1, -0.05) is 23.7 Å². The molecular weight excluding hydrogens is 276 g/mol. The molecule has 1 aromatic carbocycles. The summed E-state index contributed by atoms with van der Waals surface area (Å²) >= 11 is 0. The molecule has 0 amide bonds. The lowest BCUT2D eigenvalue weighted by molar-refractivity contribution is 0.139. The molecule has 1 aliphatic rings. The van der Waals surface area contributed by atoms with Crippen LogP contribution in [0.1, 0.15) is 47.9 Å². The summed E-state index contributed by atoms with van der Waals surface area (Å²) in [7, 11) is 1.72. The number of ether oxygens (including phenoxy) is 1. The van der Waals surface area contributed by atoms with Gasteiger partial charge in [-0.05, 0) is 50.9 Å². The second-order valence-corrected chi connectivity index (χ2v) is 6.06. The Balaban J connectivity index is 1.84. The second-order valence-electron chi connectivity index (χ2n) is 6.06. The molecule has 0 saturated carbocycles. The zero-order valence-corrected chi connectivity index (χ0v) is 13.6. The van der Waals surface area contributed by atoms with Crippen molar-refractivity contribution in [3.05, 3.63) is 46.8 Å². The van der Waals surface area contributed by atoms with E-state index < -0.39 is 0 Å². The molecule has 3 rings (SSSR count). The second kappa shape index (κ2) is 6.53. The third kappa shape index (κ3) is 3.02. The van der Waals surface area contributed by atoms with Crippen LogP contribution in [0.2, 0.25) is 0 Å². The van der Waals surface area contributed by atoms with E-state index in [4.69, 9.17) is 9.26 Å². The standard InChI is InChI=1S/C18H24N2O2/c1-13-17(14(2)22-19-13)12-20-10-5-4-9-18(20)15-7-6-8-16(11-15)21-3/h6-8,11,18H,4-5,9-10,12H2,1-3H3/t18-/m1/s1. The topological polar surface area (TPSA) is 38.5 Å². The van der Waals surface area contributed by atoms with Crippen LogP contribution in [-0.4, -0.2) is 23.7 Å². The number of aryl methyl sites for hydroxylation is 2. The number of rotatable bonds is 4. The lowest BCUT2D eigenvalue weighted by atomic mass is 9.94. The normalized spacial score (nSPS) is 19.3. The van der Waals surface area contributed by atoms with E-state index in [0.717, 1.165) is 30.3 Å². The first-order valence-corrected chi connectivity index (χ1v) is 7.99. The van der Waals surface area contributed by atoms with E-state index in [9.17, 15) is 0 Å². The van der Waals surface area contributed by atoms with Gasteiger partial charge in [0, 0.05) is 18.2 Å². The van der Waals surface area contributed by atoms with Crippen LogP contribution in [0.4, 0.5) is 0 Å². The predicted octanol–water partition coefficient (Wildman–Crippen LogP) is 4.03. The van der Waals surface area contributed by atoms with E-state index in [-0.39, 0.29) is 0 Å². The van der Waals surface area contributed by atoms with Crippen molar-refractivity contribution >= 4 is 0 Å². The van der Waals surface area contributed by atoms with Crippen molar-refractivity contribution in [2.45, 2.75) is 45.7 Å². The molecule has 0 aliphatic carbocycles. The van der Waals surface area contributed by atoms with Gasteiger partial charge in [-0.3, -0.25) is 4.90 Å². The zero-order valence-electron chi connectivity index (χ0n) is 13.6. The SMILES string of the molecule is COc1cccc([C@H]2CCCCN2Cc2c(C)noc2C)c1. The summed E-state index contributed by atoms with van der Waals surface area (Å²) in [6.07, 6.45) is 3.72. The molecule has 1 atom stereocenters. The van der Waals surface area contributed by atoms with Crippen molar-refractivity contribution in [1.82, 2.24) is 10.1 Å². The molecule has 1 fully saturated rings. The molecule has 118 valence electrons. The van der Waals surface area contributed by atoms with E-state index in [1.807, 2.05) is 19.9 Å². The molecule has 2 aromatic rings. The van der Waals surface area contributed by atoms with E-state index in [2.05, 4.69) is 28.3 Å². The van der Waals surface area contributed by atoms with E-state index in [1.165, 1.54) is 30.4 Å². The number of piperidine rings is 1. The largest absolute Gasteiger partial charge is 0.497 e. The van der Waals surface area contributed by atoms with Crippen LogP contribution in [0.25, 0.3) is 0 Å². The fourth-order valence-electron chi connectivity index (χ4n) is 3.34. The van der Waals surface area contributed by atoms with Crippen molar-refractivity contribution in [1.29, 1.82) is 0 Å². The predicted molar refractivity (Wildman–Crippen MR) is 86.0 cm³/mol. The molecule has 1 saturated heterocycles. The van der Waals surface area contributed by atoms with Gasteiger partial charge in [-0.2, -0.15) is 0 Å². The Morgan fingerprint density at radius 3 is 2.91 bits per heavy atom. The van der Waals surface area contributed by atoms with Gasteiger partial charge in [-0.25, -0.2) is 0 Å². The summed E-state index contributed by atoms with van der Waals surface area (Å²) < 4.78 is 10.7. The third-order valence-electron chi connectivity index (χ3n) is 4.63. The van der Waals surface area contributed by atoms with Crippen LogP contribution in [0, 0.1) is 13.8 Å². The first-order valence-electron chi connectivity index (χ1n) is 7.99. The molecule has 0 unspecified atom stereocenters. The van der Waals surface area contributed by atoms with Crippen molar-refractivity contribution in [3.63, 3.8) is 0 Å². The van der Waals surface area contributed by atoms with E-state index >= 15 is 0 Å². The van der Waals surface area contributed by atoms with Crippen LogP contribution < -0.4 is 4.74 Å². The summed E-state index contributed by atoms with van der Waals surface area (Å²) in [5.74, 6) is 1.87. The minimum absolute atomic E-state index is 0.442. The molecule has 0 spiro atoms. The minimum atomic E-state index is 0.442. The molecule has 2 heterocycles. The van der Waals surface area contributed by atoms with Crippen LogP contribution in [0.3, 0.4) is 0 Å². The first-order chi connectivity index (χ1) is 10.7. The average molecular weight is 300 g/mol. The monoisotopic (exact) mass is 300 g/mol. The molecule has 1 aliphatic heterocycles. The first kappa shape index (κ1) is 15.1. The molecule has 0 radical (unpaired) electrons. The summed E-state index contributed by atoms with van der Waals surface area (Å²) in [5.41, 5.74) is 3.58. The fourth-order valence-corrected chi connectivity index (χ4v) is 3.34. The Bertz CT molecular complexity index is 616. The minimum Gasteiger partial charge on any atom is -0.497 e. The van der Waals surface area contributed by atoms with Gasteiger partial charge in [-0.15, -0.1) is 0 Å². The van der Waals surface area contributed by atoms with Gasteiger partial charge < -0.3 is 9.26 Å². The zero-order chi connectivity index (χ0) is 15.5. The quantitative estimate of drug-likeness (QED) is 0.854. The van der Waals surface area contributed by atoms with Crippen molar-refractivity contribution in [2.75, 3.05) is 13.7 Å². The Kier molecular flexibility index (Phi) is 4.48. The van der Waals surface area contributed by atoms with Crippen molar-refractivity contribution in [3.8, 4) is 5.75 Å². The van der Waals surface area contributed by atoms with Gasteiger partial charge in [0.15, 0.2) is 0 Å². The maximum atomic E-state index is 5.38. The maximum Gasteiger partial charge on any atom is 0.138 e. The molecule has 4 heteroatoms. The lowest BCUT2D eigenvalue weighted by Crippen LogP contribution is -2.33. The van der Waals surface area contributed by atoms with Gasteiger partial charge in [0.1, 0.15) is 11.5 Å². The average Bonchev–Trinajstić information content (AvgIpc) is 2.87. The van der Waals surface area contributed by atoms with Crippen LogP contribution in [-0.2, 0) is 6.54 Å². The van der Waals surface area contributed by atoms with Crippen molar-refractivity contribution < 1.29 is 9.26 Å². The number of nitrogens with zero attached hydrogens (tertiary/aromatic N) is 2. The number of likely N-dealkylation sites (tertiary alicyclic amines) is 1. The summed E-state index contributed by atoms with van der Waals surface area (Å²) in [4.78, 5) is 2.55. The Morgan fingerprint density at radius 1 is 1.32 bits per heavy atom. The van der Waals surface area contributed by atoms with Crippen LogP contribution in [0.15, 0.2) is 28.8 Å². The molecule has 22 heavy (non-hydrogen) atoms. The lowest BCUT2D eigenvalue weighted by Gasteiger charge is -2.36. The van der Waals surface area contributed by atoms with Crippen LogP contribution in [0.5, 0.6) is 5.75 Å². The molecule has 0 bridgehead atoms. The Labute approximate surface area is 132 Å².